The molecular formula is C30H25N3O5. The molecule has 0 spiro atoms. The third-order valence-electron chi connectivity index (χ3n) is 8.12. The Labute approximate surface area is 218 Å². The molecule has 3 aromatic carbocycles. The first kappa shape index (κ1) is 22.7. The SMILES string of the molecule is CCOC(=O)C1=C(C)[C@@H]2n3c(=O)n(-c4ccccc4)c(=O)n3[C@H]1[C@]1(c3ccccc3)O[C@]21c1ccccc1. The van der Waals surface area contributed by atoms with Crippen LogP contribution in [0.5, 0.6) is 0 Å². The van der Waals surface area contributed by atoms with E-state index in [1.54, 1.807) is 31.2 Å². The summed E-state index contributed by atoms with van der Waals surface area (Å²) in [5.74, 6) is -0.509. The highest BCUT2D eigenvalue weighted by Crippen LogP contribution is 2.78. The van der Waals surface area contributed by atoms with E-state index in [0.29, 0.717) is 16.8 Å². The molecule has 4 aromatic rings. The van der Waals surface area contributed by atoms with Gasteiger partial charge < -0.3 is 9.47 Å². The van der Waals surface area contributed by atoms with Crippen molar-refractivity contribution in [3.63, 3.8) is 0 Å². The van der Waals surface area contributed by atoms with Crippen molar-refractivity contribution in [3.05, 3.63) is 134 Å². The van der Waals surface area contributed by atoms with E-state index >= 15 is 0 Å². The van der Waals surface area contributed by atoms with Gasteiger partial charge in [-0.3, -0.25) is 0 Å². The van der Waals surface area contributed by atoms with Crippen molar-refractivity contribution >= 4 is 5.97 Å². The molecule has 2 bridgehead atoms. The van der Waals surface area contributed by atoms with Crippen LogP contribution >= 0.6 is 0 Å². The number of esters is 1. The van der Waals surface area contributed by atoms with E-state index in [1.165, 1.54) is 13.9 Å². The number of hydrogen-bond donors (Lipinski definition) is 0. The third kappa shape index (κ3) is 2.55. The molecule has 3 aliphatic heterocycles. The van der Waals surface area contributed by atoms with Crippen LogP contribution in [0.4, 0.5) is 0 Å². The molecule has 0 N–H and O–H groups in total. The fourth-order valence-electron chi connectivity index (χ4n) is 6.72. The van der Waals surface area contributed by atoms with Crippen LogP contribution in [-0.2, 0) is 25.5 Å². The lowest BCUT2D eigenvalue weighted by molar-refractivity contribution is -0.140. The maximum Gasteiger partial charge on any atom is 0.352 e. The van der Waals surface area contributed by atoms with Gasteiger partial charge in [0.2, 0.25) is 0 Å². The van der Waals surface area contributed by atoms with Crippen LogP contribution in [-0.4, -0.2) is 26.5 Å². The number of carbonyl (C=O) groups excluding carboxylic acids is 1. The van der Waals surface area contributed by atoms with Crippen molar-refractivity contribution < 1.29 is 14.3 Å². The zero-order valence-electron chi connectivity index (χ0n) is 20.9. The monoisotopic (exact) mass is 507 g/mol. The van der Waals surface area contributed by atoms with Gasteiger partial charge in [-0.1, -0.05) is 78.9 Å². The van der Waals surface area contributed by atoms with Crippen LogP contribution in [0.15, 0.2) is 112 Å². The first-order valence-electron chi connectivity index (χ1n) is 12.7. The van der Waals surface area contributed by atoms with Gasteiger partial charge in [-0.25, -0.2) is 28.3 Å². The zero-order valence-corrected chi connectivity index (χ0v) is 20.9. The molecule has 1 aromatic heterocycles. The molecule has 1 saturated heterocycles. The summed E-state index contributed by atoms with van der Waals surface area (Å²) in [5, 5.41) is 0. The van der Waals surface area contributed by atoms with Gasteiger partial charge in [-0.05, 0) is 42.7 Å². The Morgan fingerprint density at radius 2 is 1.26 bits per heavy atom. The maximum atomic E-state index is 14.1. The summed E-state index contributed by atoms with van der Waals surface area (Å²) < 4.78 is 16.4. The van der Waals surface area contributed by atoms with E-state index in [4.69, 9.17) is 9.47 Å². The van der Waals surface area contributed by atoms with Crippen molar-refractivity contribution in [1.82, 2.24) is 13.9 Å². The van der Waals surface area contributed by atoms with Gasteiger partial charge in [0, 0.05) is 0 Å². The lowest BCUT2D eigenvalue weighted by Crippen LogP contribution is -2.56. The van der Waals surface area contributed by atoms with Crippen molar-refractivity contribution in [2.75, 3.05) is 6.61 Å². The number of rotatable bonds is 5. The Morgan fingerprint density at radius 1 is 0.789 bits per heavy atom. The number of ether oxygens (including phenoxy) is 2. The quantitative estimate of drug-likeness (QED) is 0.304. The minimum absolute atomic E-state index is 0.183. The largest absolute Gasteiger partial charge is 0.463 e. The third-order valence-corrected chi connectivity index (χ3v) is 8.12. The van der Waals surface area contributed by atoms with Crippen molar-refractivity contribution in [3.8, 4) is 5.69 Å². The van der Waals surface area contributed by atoms with Crippen LogP contribution in [0.2, 0.25) is 0 Å². The maximum absolute atomic E-state index is 14.1. The lowest BCUT2D eigenvalue weighted by atomic mass is 9.63. The highest BCUT2D eigenvalue weighted by Gasteiger charge is 2.85. The predicted molar refractivity (Wildman–Crippen MR) is 139 cm³/mol. The Morgan fingerprint density at radius 3 is 1.79 bits per heavy atom. The lowest BCUT2D eigenvalue weighted by Gasteiger charge is -2.46. The van der Waals surface area contributed by atoms with Crippen LogP contribution in [0, 0.1) is 0 Å². The van der Waals surface area contributed by atoms with E-state index in [9.17, 15) is 14.4 Å². The molecule has 1 aliphatic carbocycles. The highest BCUT2D eigenvalue weighted by atomic mass is 16.6. The summed E-state index contributed by atoms with van der Waals surface area (Å²) in [4.78, 5) is 41.7. The second-order valence-electron chi connectivity index (χ2n) is 9.85. The number of para-hydroxylation sites is 1. The molecule has 4 aliphatic rings. The van der Waals surface area contributed by atoms with E-state index in [-0.39, 0.29) is 6.61 Å². The van der Waals surface area contributed by atoms with Gasteiger partial charge >= 0.3 is 17.3 Å². The Balaban J connectivity index is 1.61. The molecule has 190 valence electrons. The average molecular weight is 508 g/mol. The van der Waals surface area contributed by atoms with Gasteiger partial charge in [0.25, 0.3) is 0 Å². The number of epoxide rings is 1. The summed E-state index contributed by atoms with van der Waals surface area (Å²) >= 11 is 0. The first-order valence-corrected chi connectivity index (χ1v) is 12.7. The summed E-state index contributed by atoms with van der Waals surface area (Å²) in [6, 6.07) is 26.5. The van der Waals surface area contributed by atoms with Crippen LogP contribution < -0.4 is 11.4 Å². The molecule has 0 unspecified atom stereocenters. The van der Waals surface area contributed by atoms with E-state index < -0.39 is 40.6 Å². The average Bonchev–Trinajstić information content (AvgIpc) is 3.62. The van der Waals surface area contributed by atoms with Gasteiger partial charge in [-0.2, -0.15) is 0 Å². The van der Waals surface area contributed by atoms with Crippen molar-refractivity contribution in [1.29, 1.82) is 0 Å². The molecule has 1 fully saturated rings. The number of carbonyl (C=O) groups is 1. The Bertz CT molecular complexity index is 1740. The smallest absolute Gasteiger partial charge is 0.352 e. The van der Waals surface area contributed by atoms with Crippen LogP contribution in [0.3, 0.4) is 0 Å². The molecule has 0 saturated carbocycles. The molecule has 8 nitrogen and oxygen atoms in total. The number of nitrogens with zero attached hydrogens (tertiary/aromatic N) is 3. The molecule has 4 heterocycles. The molecule has 4 atom stereocenters. The van der Waals surface area contributed by atoms with Crippen LogP contribution in [0.1, 0.15) is 37.1 Å². The number of aromatic nitrogens is 3. The summed E-state index contributed by atoms with van der Waals surface area (Å²) in [7, 11) is 0. The van der Waals surface area contributed by atoms with E-state index in [1.807, 2.05) is 73.7 Å². The molecule has 0 amide bonds. The van der Waals surface area contributed by atoms with Gasteiger partial charge in [0.05, 0.1) is 17.9 Å². The fraction of sp³-hybridized carbons (Fsp3) is 0.233. The Kier molecular flexibility index (Phi) is 4.66. The molecule has 8 heteroatoms. The summed E-state index contributed by atoms with van der Waals surface area (Å²) in [6.45, 7) is 3.77. The molecule has 38 heavy (non-hydrogen) atoms. The minimum atomic E-state index is -1.10. The normalized spacial score (nSPS) is 26.6. The molecular weight excluding hydrogens is 482 g/mol. The van der Waals surface area contributed by atoms with Crippen LogP contribution in [0.25, 0.3) is 5.69 Å². The van der Waals surface area contributed by atoms with E-state index in [2.05, 4.69) is 0 Å². The number of benzene rings is 3. The zero-order chi connectivity index (χ0) is 26.2. The molecule has 8 rings (SSSR count). The fourth-order valence-corrected chi connectivity index (χ4v) is 6.72. The highest BCUT2D eigenvalue weighted by molar-refractivity contribution is 5.92. The van der Waals surface area contributed by atoms with Gasteiger partial charge in [-0.15, -0.1) is 0 Å². The van der Waals surface area contributed by atoms with Gasteiger partial charge in [0.15, 0.2) is 11.2 Å². The second kappa shape index (κ2) is 7.79. The standard InChI is InChI=1S/C30H25N3O5/c1-3-37-26(34)23-19(2)24-29(20-13-7-4-8-14-20)30(38-29,21-15-9-5-10-16-21)25(23)33-28(36)31(27(35)32(24)33)22-17-11-6-12-18-22/h4-18,24-25H,3H2,1-2H3/t24-,25+,29+,30-/m0/s1. The van der Waals surface area contributed by atoms with Crippen molar-refractivity contribution in [2.24, 2.45) is 0 Å². The first-order chi connectivity index (χ1) is 18.5. The van der Waals surface area contributed by atoms with E-state index in [0.717, 1.165) is 11.1 Å². The topological polar surface area (TPSA) is 87.8 Å². The second-order valence-corrected chi connectivity index (χ2v) is 9.85. The minimum Gasteiger partial charge on any atom is -0.463 e. The van der Waals surface area contributed by atoms with Crippen molar-refractivity contribution in [2.45, 2.75) is 37.1 Å². The molecule has 0 radical (unpaired) electrons. The predicted octanol–water partition coefficient (Wildman–Crippen LogP) is 3.61. The summed E-state index contributed by atoms with van der Waals surface area (Å²) in [6.07, 6.45) is 0. The Hall–Kier alpha value is -4.43. The summed E-state index contributed by atoms with van der Waals surface area (Å²) in [5.41, 5.74) is 0.0734. The van der Waals surface area contributed by atoms with Gasteiger partial charge in [0.1, 0.15) is 12.1 Å². The number of hydrogen-bond acceptors (Lipinski definition) is 5.